The predicted octanol–water partition coefficient (Wildman–Crippen LogP) is 5.23. The Morgan fingerprint density at radius 1 is 0.941 bits per heavy atom. The smallest absolute Gasteiger partial charge is 0.261 e. The van der Waals surface area contributed by atoms with Gasteiger partial charge in [-0.15, -0.1) is 0 Å². The van der Waals surface area contributed by atoms with E-state index in [9.17, 15) is 9.59 Å². The lowest BCUT2D eigenvalue weighted by Crippen LogP contribution is -2.51. The van der Waals surface area contributed by atoms with Crippen molar-refractivity contribution in [1.29, 1.82) is 0 Å². The van der Waals surface area contributed by atoms with Crippen molar-refractivity contribution in [1.82, 2.24) is 10.2 Å². The van der Waals surface area contributed by atoms with Gasteiger partial charge >= 0.3 is 0 Å². The summed E-state index contributed by atoms with van der Waals surface area (Å²) in [5.74, 6) is 0.389. The summed E-state index contributed by atoms with van der Waals surface area (Å²) in [6.45, 7) is 4.17. The SMILES string of the molecule is CNC(=O)C(Cc1ccccc1)N(Cc1ccccc1Cl)C(=O)COc1ccccc1C(C)C. The van der Waals surface area contributed by atoms with E-state index in [0.717, 1.165) is 16.7 Å². The summed E-state index contributed by atoms with van der Waals surface area (Å²) in [5, 5.41) is 3.26. The number of nitrogens with one attached hydrogen (secondary N) is 1. The topological polar surface area (TPSA) is 58.6 Å². The second-order valence-corrected chi connectivity index (χ2v) is 8.82. The normalized spacial score (nSPS) is 11.7. The minimum absolute atomic E-state index is 0.184. The molecule has 34 heavy (non-hydrogen) atoms. The quantitative estimate of drug-likeness (QED) is 0.434. The standard InChI is InChI=1S/C28H31ClN2O3/c1-20(2)23-14-8-10-16-26(23)34-19-27(32)31(18-22-13-7-9-15-24(22)29)25(28(33)30-3)17-21-11-5-4-6-12-21/h4-16,20,25H,17-19H2,1-3H3,(H,30,33). The molecule has 0 fully saturated rings. The van der Waals surface area contributed by atoms with E-state index in [-0.39, 0.29) is 30.9 Å². The van der Waals surface area contributed by atoms with Gasteiger partial charge in [-0.2, -0.15) is 0 Å². The fourth-order valence-electron chi connectivity index (χ4n) is 3.84. The molecule has 0 aliphatic carbocycles. The van der Waals surface area contributed by atoms with Gasteiger partial charge in [-0.25, -0.2) is 0 Å². The first-order valence-corrected chi connectivity index (χ1v) is 11.8. The number of halogens is 1. The summed E-state index contributed by atoms with van der Waals surface area (Å²) >= 11 is 6.41. The van der Waals surface area contributed by atoms with Crippen molar-refractivity contribution in [2.75, 3.05) is 13.7 Å². The zero-order valence-electron chi connectivity index (χ0n) is 19.8. The molecule has 0 saturated heterocycles. The number of para-hydroxylation sites is 1. The van der Waals surface area contributed by atoms with Crippen LogP contribution in [-0.2, 0) is 22.6 Å². The highest BCUT2D eigenvalue weighted by Crippen LogP contribution is 2.26. The Morgan fingerprint density at radius 2 is 1.59 bits per heavy atom. The Balaban J connectivity index is 1.90. The highest BCUT2D eigenvalue weighted by atomic mass is 35.5. The lowest BCUT2D eigenvalue weighted by molar-refractivity contribution is -0.142. The average molecular weight is 479 g/mol. The van der Waals surface area contributed by atoms with Gasteiger partial charge in [0.2, 0.25) is 5.91 Å². The Labute approximate surface area is 206 Å². The van der Waals surface area contributed by atoms with Crippen LogP contribution in [-0.4, -0.2) is 36.4 Å². The van der Waals surface area contributed by atoms with Gasteiger partial charge in [-0.05, 0) is 34.7 Å². The summed E-state index contributed by atoms with van der Waals surface area (Å²) in [6, 6.07) is 24.0. The van der Waals surface area contributed by atoms with E-state index >= 15 is 0 Å². The second-order valence-electron chi connectivity index (χ2n) is 8.41. The van der Waals surface area contributed by atoms with E-state index in [0.29, 0.717) is 17.2 Å². The van der Waals surface area contributed by atoms with Crippen LogP contribution >= 0.6 is 11.6 Å². The number of nitrogens with zero attached hydrogens (tertiary/aromatic N) is 1. The van der Waals surface area contributed by atoms with Crippen molar-refractivity contribution in [3.63, 3.8) is 0 Å². The number of ether oxygens (including phenoxy) is 1. The van der Waals surface area contributed by atoms with Gasteiger partial charge in [0.1, 0.15) is 11.8 Å². The van der Waals surface area contributed by atoms with Gasteiger partial charge in [0.25, 0.3) is 5.91 Å². The molecule has 0 aromatic heterocycles. The summed E-state index contributed by atoms with van der Waals surface area (Å²) in [4.78, 5) is 28.1. The Kier molecular flexibility index (Phi) is 9.11. The highest BCUT2D eigenvalue weighted by molar-refractivity contribution is 6.31. The molecule has 0 heterocycles. The van der Waals surface area contributed by atoms with Gasteiger partial charge < -0.3 is 15.0 Å². The zero-order valence-corrected chi connectivity index (χ0v) is 20.6. The molecule has 2 amide bonds. The number of carbonyl (C=O) groups is 2. The maximum atomic E-state index is 13.5. The molecule has 1 unspecified atom stereocenters. The van der Waals surface area contributed by atoms with E-state index in [1.807, 2.05) is 72.8 Å². The number of benzene rings is 3. The van der Waals surface area contributed by atoms with Crippen molar-refractivity contribution in [3.8, 4) is 5.75 Å². The van der Waals surface area contributed by atoms with E-state index in [2.05, 4.69) is 19.2 Å². The molecule has 1 atom stereocenters. The Bertz CT molecular complexity index is 1100. The number of amides is 2. The van der Waals surface area contributed by atoms with Crippen molar-refractivity contribution < 1.29 is 14.3 Å². The summed E-state index contributed by atoms with van der Waals surface area (Å²) in [7, 11) is 1.58. The van der Waals surface area contributed by atoms with Crippen LogP contribution in [0.25, 0.3) is 0 Å². The molecule has 5 nitrogen and oxygen atoms in total. The first kappa shape index (κ1) is 25.3. The maximum absolute atomic E-state index is 13.5. The number of hydrogen-bond donors (Lipinski definition) is 1. The van der Waals surface area contributed by atoms with Gasteiger partial charge in [0.15, 0.2) is 6.61 Å². The number of rotatable bonds is 10. The fraction of sp³-hybridized carbons (Fsp3) is 0.286. The van der Waals surface area contributed by atoms with Crippen LogP contribution in [0.1, 0.15) is 36.5 Å². The number of carbonyl (C=O) groups excluding carboxylic acids is 2. The zero-order chi connectivity index (χ0) is 24.5. The van der Waals surface area contributed by atoms with Crippen molar-refractivity contribution in [2.24, 2.45) is 0 Å². The monoisotopic (exact) mass is 478 g/mol. The Hall–Kier alpha value is -3.31. The van der Waals surface area contributed by atoms with Crippen LogP contribution in [0.4, 0.5) is 0 Å². The molecule has 0 bridgehead atoms. The third kappa shape index (κ3) is 6.61. The molecule has 0 aliphatic heterocycles. The molecule has 0 aliphatic rings. The van der Waals surface area contributed by atoms with E-state index in [1.54, 1.807) is 18.0 Å². The van der Waals surface area contributed by atoms with E-state index in [4.69, 9.17) is 16.3 Å². The number of hydrogen-bond acceptors (Lipinski definition) is 3. The number of likely N-dealkylation sites (N-methyl/N-ethyl adjacent to an activating group) is 1. The maximum Gasteiger partial charge on any atom is 0.261 e. The first-order valence-electron chi connectivity index (χ1n) is 11.4. The molecule has 0 spiro atoms. The molecule has 6 heteroatoms. The lowest BCUT2D eigenvalue weighted by atomic mass is 10.0. The van der Waals surface area contributed by atoms with Crippen LogP contribution < -0.4 is 10.1 Å². The molecule has 178 valence electrons. The molecular weight excluding hydrogens is 448 g/mol. The molecule has 3 aromatic rings. The van der Waals surface area contributed by atoms with Gasteiger partial charge in [0.05, 0.1) is 0 Å². The average Bonchev–Trinajstić information content (AvgIpc) is 2.86. The third-order valence-electron chi connectivity index (χ3n) is 5.71. The predicted molar refractivity (Wildman–Crippen MR) is 136 cm³/mol. The molecule has 0 saturated carbocycles. The summed E-state index contributed by atoms with van der Waals surface area (Å²) in [5.41, 5.74) is 2.75. The van der Waals surface area contributed by atoms with Gasteiger partial charge in [0, 0.05) is 25.0 Å². The third-order valence-corrected chi connectivity index (χ3v) is 6.08. The summed E-state index contributed by atoms with van der Waals surface area (Å²) < 4.78 is 5.97. The summed E-state index contributed by atoms with van der Waals surface area (Å²) in [6.07, 6.45) is 0.374. The molecular formula is C28H31ClN2O3. The van der Waals surface area contributed by atoms with Crippen LogP contribution in [0.2, 0.25) is 5.02 Å². The first-order chi connectivity index (χ1) is 16.4. The van der Waals surface area contributed by atoms with Crippen molar-refractivity contribution in [2.45, 2.75) is 38.8 Å². The molecule has 3 rings (SSSR count). The van der Waals surface area contributed by atoms with E-state index < -0.39 is 6.04 Å². The molecule has 1 N–H and O–H groups in total. The van der Waals surface area contributed by atoms with Gasteiger partial charge in [-0.1, -0.05) is 92.2 Å². The van der Waals surface area contributed by atoms with Crippen LogP contribution in [0.15, 0.2) is 78.9 Å². The molecule has 0 radical (unpaired) electrons. The lowest BCUT2D eigenvalue weighted by Gasteiger charge is -2.31. The van der Waals surface area contributed by atoms with E-state index in [1.165, 1.54) is 0 Å². The van der Waals surface area contributed by atoms with Crippen molar-refractivity contribution in [3.05, 3.63) is 101 Å². The Morgan fingerprint density at radius 3 is 2.26 bits per heavy atom. The van der Waals surface area contributed by atoms with Crippen LogP contribution in [0, 0.1) is 0 Å². The largest absolute Gasteiger partial charge is 0.483 e. The minimum atomic E-state index is -0.722. The van der Waals surface area contributed by atoms with Crippen LogP contribution in [0.5, 0.6) is 5.75 Å². The van der Waals surface area contributed by atoms with Crippen molar-refractivity contribution >= 4 is 23.4 Å². The van der Waals surface area contributed by atoms with Gasteiger partial charge in [-0.3, -0.25) is 9.59 Å². The van der Waals surface area contributed by atoms with Crippen LogP contribution in [0.3, 0.4) is 0 Å². The molecule has 3 aromatic carbocycles. The fourth-order valence-corrected chi connectivity index (χ4v) is 4.04. The minimum Gasteiger partial charge on any atom is -0.483 e. The second kappa shape index (κ2) is 12.2. The highest BCUT2D eigenvalue weighted by Gasteiger charge is 2.30.